The number of para-hydroxylation sites is 1. The van der Waals surface area contributed by atoms with E-state index in [4.69, 9.17) is 11.6 Å². The summed E-state index contributed by atoms with van der Waals surface area (Å²) in [5.74, 6) is 0.564. The lowest BCUT2D eigenvalue weighted by molar-refractivity contribution is 0.563. The summed E-state index contributed by atoms with van der Waals surface area (Å²) < 4.78 is 30.1. The van der Waals surface area contributed by atoms with E-state index >= 15 is 0 Å². The van der Waals surface area contributed by atoms with Crippen LogP contribution in [0, 0.1) is 11.6 Å². The molecule has 0 radical (unpaired) electrons. The molecule has 158 valence electrons. The molecule has 31 heavy (non-hydrogen) atoms. The standard InChI is InChI=1S/C22H17ClF2N4OS/c23-15-12-26-22(30)18-19(13-4-6-14(7-5-13)28-8-10-31-11-9-28)27-29(20(15)18)21-16(24)2-1-3-17(21)25/h1-7,12H,8-11H2,(H,26,30). The molecule has 1 aliphatic heterocycles. The molecule has 3 heterocycles. The van der Waals surface area contributed by atoms with Crippen LogP contribution in [0.25, 0.3) is 27.8 Å². The molecule has 0 spiro atoms. The van der Waals surface area contributed by atoms with Gasteiger partial charge in [0, 0.05) is 42.0 Å². The average molecular weight is 459 g/mol. The van der Waals surface area contributed by atoms with E-state index in [9.17, 15) is 13.6 Å². The largest absolute Gasteiger partial charge is 0.370 e. The van der Waals surface area contributed by atoms with E-state index in [1.54, 1.807) is 0 Å². The Morgan fingerprint density at radius 3 is 2.39 bits per heavy atom. The monoisotopic (exact) mass is 458 g/mol. The quantitative estimate of drug-likeness (QED) is 0.476. The number of aromatic nitrogens is 3. The highest BCUT2D eigenvalue weighted by Gasteiger charge is 2.23. The van der Waals surface area contributed by atoms with Crippen LogP contribution >= 0.6 is 23.4 Å². The Kier molecular flexibility index (Phi) is 5.19. The van der Waals surface area contributed by atoms with Gasteiger partial charge in [0.1, 0.15) is 16.9 Å². The number of aromatic amines is 1. The number of halogens is 3. The molecule has 0 saturated carbocycles. The number of thioether (sulfide) groups is 1. The van der Waals surface area contributed by atoms with Gasteiger partial charge in [-0.25, -0.2) is 13.5 Å². The zero-order valence-corrected chi connectivity index (χ0v) is 17.8. The first-order valence-electron chi connectivity index (χ1n) is 9.72. The predicted molar refractivity (Wildman–Crippen MR) is 122 cm³/mol. The van der Waals surface area contributed by atoms with Crippen LogP contribution in [-0.4, -0.2) is 39.4 Å². The van der Waals surface area contributed by atoms with Crippen molar-refractivity contribution in [1.82, 2.24) is 14.8 Å². The molecule has 1 saturated heterocycles. The molecular weight excluding hydrogens is 442 g/mol. The summed E-state index contributed by atoms with van der Waals surface area (Å²) in [6, 6.07) is 11.2. The molecule has 5 rings (SSSR count). The Bertz CT molecular complexity index is 1310. The molecule has 5 nitrogen and oxygen atoms in total. The molecular formula is C22H17ClF2N4OS. The molecule has 0 atom stereocenters. The summed E-state index contributed by atoms with van der Waals surface area (Å²) in [5, 5.41) is 4.75. The molecule has 0 amide bonds. The molecule has 0 unspecified atom stereocenters. The number of rotatable bonds is 3. The molecule has 2 aromatic heterocycles. The van der Waals surface area contributed by atoms with Gasteiger partial charge in [0.05, 0.1) is 10.4 Å². The Morgan fingerprint density at radius 2 is 1.71 bits per heavy atom. The number of nitrogens with one attached hydrogen (secondary N) is 1. The minimum absolute atomic E-state index is 0.137. The minimum atomic E-state index is -0.800. The summed E-state index contributed by atoms with van der Waals surface area (Å²) in [4.78, 5) is 17.6. The van der Waals surface area contributed by atoms with Gasteiger partial charge in [-0.15, -0.1) is 0 Å². The zero-order chi connectivity index (χ0) is 21.5. The van der Waals surface area contributed by atoms with Gasteiger partial charge in [-0.05, 0) is 24.3 Å². The van der Waals surface area contributed by atoms with Crippen LogP contribution in [0.4, 0.5) is 14.5 Å². The van der Waals surface area contributed by atoms with Crippen molar-refractivity contribution < 1.29 is 8.78 Å². The van der Waals surface area contributed by atoms with Gasteiger partial charge < -0.3 is 9.88 Å². The van der Waals surface area contributed by atoms with Crippen LogP contribution < -0.4 is 10.5 Å². The van der Waals surface area contributed by atoms with Gasteiger partial charge in [-0.3, -0.25) is 4.79 Å². The highest BCUT2D eigenvalue weighted by atomic mass is 35.5. The second kappa shape index (κ2) is 8.01. The fourth-order valence-electron chi connectivity index (χ4n) is 3.83. The van der Waals surface area contributed by atoms with Crippen molar-refractivity contribution in [1.29, 1.82) is 0 Å². The highest BCUT2D eigenvalue weighted by Crippen LogP contribution is 2.33. The molecule has 0 bridgehead atoms. The summed E-state index contributed by atoms with van der Waals surface area (Å²) >= 11 is 8.27. The van der Waals surface area contributed by atoms with Crippen LogP contribution in [0.5, 0.6) is 0 Å². The minimum Gasteiger partial charge on any atom is -0.370 e. The number of benzene rings is 2. The van der Waals surface area contributed by atoms with Gasteiger partial charge in [0.25, 0.3) is 5.56 Å². The lowest BCUT2D eigenvalue weighted by Gasteiger charge is -2.28. The summed E-state index contributed by atoms with van der Waals surface area (Å²) in [5.41, 5.74) is 1.38. The second-order valence-corrected chi connectivity index (χ2v) is 8.80. The van der Waals surface area contributed by atoms with Gasteiger partial charge in [-0.1, -0.05) is 29.8 Å². The lowest BCUT2D eigenvalue weighted by atomic mass is 10.1. The van der Waals surface area contributed by atoms with E-state index in [1.165, 1.54) is 12.3 Å². The van der Waals surface area contributed by atoms with E-state index in [1.807, 2.05) is 36.0 Å². The molecule has 0 aliphatic carbocycles. The van der Waals surface area contributed by atoms with Gasteiger partial charge in [0.2, 0.25) is 0 Å². The first-order valence-corrected chi connectivity index (χ1v) is 11.3. The number of nitrogens with zero attached hydrogens (tertiary/aromatic N) is 3. The van der Waals surface area contributed by atoms with E-state index in [0.717, 1.165) is 47.1 Å². The van der Waals surface area contributed by atoms with Crippen molar-refractivity contribution in [2.45, 2.75) is 0 Å². The Hall–Kier alpha value is -2.84. The van der Waals surface area contributed by atoms with Crippen LogP contribution in [-0.2, 0) is 0 Å². The topological polar surface area (TPSA) is 53.9 Å². The van der Waals surface area contributed by atoms with Crippen molar-refractivity contribution in [3.8, 4) is 16.9 Å². The third-order valence-electron chi connectivity index (χ3n) is 5.34. The summed E-state index contributed by atoms with van der Waals surface area (Å²) in [6.45, 7) is 1.95. The summed E-state index contributed by atoms with van der Waals surface area (Å²) in [7, 11) is 0. The van der Waals surface area contributed by atoms with E-state index < -0.39 is 17.2 Å². The number of hydrogen-bond acceptors (Lipinski definition) is 4. The first-order chi connectivity index (χ1) is 15.0. The zero-order valence-electron chi connectivity index (χ0n) is 16.2. The van der Waals surface area contributed by atoms with Crippen molar-refractivity contribution >= 4 is 40.0 Å². The van der Waals surface area contributed by atoms with Gasteiger partial charge >= 0.3 is 0 Å². The van der Waals surface area contributed by atoms with E-state index in [2.05, 4.69) is 15.0 Å². The third-order valence-corrected chi connectivity index (χ3v) is 6.57. The maximum atomic E-state index is 14.5. The Morgan fingerprint density at radius 1 is 1.03 bits per heavy atom. The van der Waals surface area contributed by atoms with E-state index in [0.29, 0.717) is 11.3 Å². The molecule has 4 aromatic rings. The number of anilines is 1. The van der Waals surface area contributed by atoms with Crippen LogP contribution in [0.15, 0.2) is 53.5 Å². The normalized spacial score (nSPS) is 14.4. The maximum absolute atomic E-state index is 14.5. The smallest absolute Gasteiger partial charge is 0.259 e. The van der Waals surface area contributed by atoms with Crippen LogP contribution in [0.1, 0.15) is 0 Å². The molecule has 1 fully saturated rings. The van der Waals surface area contributed by atoms with E-state index in [-0.39, 0.29) is 21.6 Å². The van der Waals surface area contributed by atoms with Gasteiger partial charge in [0.15, 0.2) is 11.6 Å². The van der Waals surface area contributed by atoms with Crippen molar-refractivity contribution in [2.24, 2.45) is 0 Å². The van der Waals surface area contributed by atoms with Crippen molar-refractivity contribution in [3.05, 3.63) is 75.7 Å². The fraction of sp³-hybridized carbons (Fsp3) is 0.182. The predicted octanol–water partition coefficient (Wildman–Crippen LogP) is 4.87. The van der Waals surface area contributed by atoms with Crippen molar-refractivity contribution in [3.63, 3.8) is 0 Å². The van der Waals surface area contributed by atoms with Crippen LogP contribution in [0.3, 0.4) is 0 Å². The molecule has 1 aliphatic rings. The highest BCUT2D eigenvalue weighted by molar-refractivity contribution is 7.99. The Labute approximate surface area is 185 Å². The number of H-pyrrole nitrogens is 1. The molecule has 9 heteroatoms. The maximum Gasteiger partial charge on any atom is 0.259 e. The molecule has 1 N–H and O–H groups in total. The lowest BCUT2D eigenvalue weighted by Crippen LogP contribution is -2.32. The number of pyridine rings is 1. The SMILES string of the molecule is O=c1[nH]cc(Cl)c2c1c(-c1ccc(N3CCSCC3)cc1)nn2-c1c(F)cccc1F. The average Bonchev–Trinajstić information content (AvgIpc) is 3.18. The fourth-order valence-corrected chi connectivity index (χ4v) is 4.96. The van der Waals surface area contributed by atoms with Crippen molar-refractivity contribution in [2.75, 3.05) is 29.5 Å². The summed E-state index contributed by atoms with van der Waals surface area (Å²) in [6.07, 6.45) is 1.30. The first kappa shape index (κ1) is 20.1. The number of fused-ring (bicyclic) bond motifs is 1. The third kappa shape index (κ3) is 3.49. The second-order valence-electron chi connectivity index (χ2n) is 7.17. The van der Waals surface area contributed by atoms with Gasteiger partial charge in [-0.2, -0.15) is 16.9 Å². The number of hydrogen-bond donors (Lipinski definition) is 1. The Balaban J connectivity index is 1.70. The molecule has 2 aromatic carbocycles. The van der Waals surface area contributed by atoms with Crippen LogP contribution in [0.2, 0.25) is 5.02 Å².